The lowest BCUT2D eigenvalue weighted by molar-refractivity contribution is -0.120. The summed E-state index contributed by atoms with van der Waals surface area (Å²) < 4.78 is 0. The second-order valence-corrected chi connectivity index (χ2v) is 3.38. The molecular formula is C9H16N2O2. The van der Waals surface area contributed by atoms with Crippen LogP contribution >= 0.6 is 0 Å². The van der Waals surface area contributed by atoms with E-state index in [1.54, 1.807) is 11.8 Å². The molecule has 0 aliphatic carbocycles. The summed E-state index contributed by atoms with van der Waals surface area (Å²) in [4.78, 5) is 24.0. The molecule has 1 N–H and O–H groups in total. The highest BCUT2D eigenvalue weighted by atomic mass is 16.2. The van der Waals surface area contributed by atoms with Crippen LogP contribution in [0.4, 0.5) is 4.79 Å². The van der Waals surface area contributed by atoms with Crippen molar-refractivity contribution in [3.05, 3.63) is 0 Å². The molecule has 0 bridgehead atoms. The molecule has 0 spiro atoms. The van der Waals surface area contributed by atoms with Crippen LogP contribution in [0.15, 0.2) is 0 Å². The standard InChI is InChI=1S/C9H16N2O2/c1-3-10-9(13)11-5-4-8(6-11)7(2)12/h8H,3-6H2,1-2H3,(H,10,13). The van der Waals surface area contributed by atoms with E-state index >= 15 is 0 Å². The summed E-state index contributed by atoms with van der Waals surface area (Å²) in [5.74, 6) is 0.245. The Labute approximate surface area is 78.3 Å². The molecule has 4 nitrogen and oxygen atoms in total. The van der Waals surface area contributed by atoms with Gasteiger partial charge in [0.2, 0.25) is 0 Å². The fraction of sp³-hybridized carbons (Fsp3) is 0.778. The minimum atomic E-state index is -0.0498. The number of nitrogens with one attached hydrogen (secondary N) is 1. The Hall–Kier alpha value is -1.06. The van der Waals surface area contributed by atoms with Gasteiger partial charge in [-0.25, -0.2) is 4.79 Å². The Morgan fingerprint density at radius 1 is 1.54 bits per heavy atom. The Kier molecular flexibility index (Phi) is 3.28. The third-order valence-corrected chi connectivity index (χ3v) is 2.38. The van der Waals surface area contributed by atoms with Gasteiger partial charge >= 0.3 is 6.03 Å². The summed E-state index contributed by atoms with van der Waals surface area (Å²) in [5.41, 5.74) is 0. The number of amides is 2. The highest BCUT2D eigenvalue weighted by Crippen LogP contribution is 2.16. The van der Waals surface area contributed by atoms with Crippen LogP contribution in [0.5, 0.6) is 0 Å². The van der Waals surface area contributed by atoms with Gasteiger partial charge in [-0.1, -0.05) is 0 Å². The number of carbonyl (C=O) groups is 2. The molecule has 1 aliphatic heterocycles. The minimum Gasteiger partial charge on any atom is -0.338 e. The molecule has 0 saturated carbocycles. The van der Waals surface area contributed by atoms with Gasteiger partial charge in [-0.15, -0.1) is 0 Å². The number of ketones is 1. The molecule has 4 heteroatoms. The first-order chi connectivity index (χ1) is 6.15. The van der Waals surface area contributed by atoms with E-state index in [0.29, 0.717) is 19.6 Å². The number of urea groups is 1. The summed E-state index contributed by atoms with van der Waals surface area (Å²) in [7, 11) is 0. The van der Waals surface area contributed by atoms with Crippen molar-refractivity contribution in [3.8, 4) is 0 Å². The molecule has 1 rings (SSSR count). The number of hydrogen-bond donors (Lipinski definition) is 1. The van der Waals surface area contributed by atoms with E-state index < -0.39 is 0 Å². The van der Waals surface area contributed by atoms with E-state index in [-0.39, 0.29) is 17.7 Å². The van der Waals surface area contributed by atoms with Crippen LogP contribution in [0.25, 0.3) is 0 Å². The highest BCUT2D eigenvalue weighted by Gasteiger charge is 2.28. The summed E-state index contributed by atoms with van der Waals surface area (Å²) in [6, 6.07) is -0.0498. The number of hydrogen-bond acceptors (Lipinski definition) is 2. The summed E-state index contributed by atoms with van der Waals surface area (Å²) >= 11 is 0. The number of nitrogens with zero attached hydrogens (tertiary/aromatic N) is 1. The van der Waals surface area contributed by atoms with E-state index in [9.17, 15) is 9.59 Å². The summed E-state index contributed by atoms with van der Waals surface area (Å²) in [5, 5.41) is 2.72. The predicted molar refractivity (Wildman–Crippen MR) is 49.4 cm³/mol. The van der Waals surface area contributed by atoms with Crippen LogP contribution in [0, 0.1) is 5.92 Å². The number of rotatable bonds is 2. The van der Waals surface area contributed by atoms with Gasteiger partial charge in [0.25, 0.3) is 0 Å². The van der Waals surface area contributed by atoms with E-state index in [2.05, 4.69) is 5.32 Å². The molecule has 1 unspecified atom stereocenters. The molecule has 2 amide bonds. The SMILES string of the molecule is CCNC(=O)N1CCC(C(C)=O)C1. The van der Waals surface area contributed by atoms with Gasteiger partial charge in [-0.3, -0.25) is 4.79 Å². The first kappa shape index (κ1) is 10.0. The first-order valence-electron chi connectivity index (χ1n) is 4.68. The summed E-state index contributed by atoms with van der Waals surface area (Å²) in [6.45, 7) is 5.40. The van der Waals surface area contributed by atoms with Gasteiger partial charge < -0.3 is 10.2 Å². The molecule has 74 valence electrons. The van der Waals surface area contributed by atoms with Crippen LogP contribution in [-0.4, -0.2) is 36.3 Å². The quantitative estimate of drug-likeness (QED) is 0.684. The zero-order valence-corrected chi connectivity index (χ0v) is 8.17. The fourth-order valence-corrected chi connectivity index (χ4v) is 1.54. The van der Waals surface area contributed by atoms with Gasteiger partial charge in [0, 0.05) is 25.6 Å². The van der Waals surface area contributed by atoms with Crippen molar-refractivity contribution < 1.29 is 9.59 Å². The lowest BCUT2D eigenvalue weighted by atomic mass is 10.1. The molecule has 1 saturated heterocycles. The molecule has 1 fully saturated rings. The lowest BCUT2D eigenvalue weighted by Crippen LogP contribution is -2.38. The largest absolute Gasteiger partial charge is 0.338 e. The van der Waals surface area contributed by atoms with E-state index in [4.69, 9.17) is 0 Å². The van der Waals surface area contributed by atoms with Gasteiger partial charge in [-0.05, 0) is 20.3 Å². The van der Waals surface area contributed by atoms with Crippen LogP contribution in [0.2, 0.25) is 0 Å². The molecule has 13 heavy (non-hydrogen) atoms. The minimum absolute atomic E-state index is 0.0498. The molecule has 0 aromatic heterocycles. The van der Waals surface area contributed by atoms with Crippen LogP contribution in [-0.2, 0) is 4.79 Å². The average molecular weight is 184 g/mol. The number of carbonyl (C=O) groups excluding carboxylic acids is 2. The van der Waals surface area contributed by atoms with Crippen molar-refractivity contribution in [1.82, 2.24) is 10.2 Å². The fourth-order valence-electron chi connectivity index (χ4n) is 1.54. The van der Waals surface area contributed by atoms with Gasteiger partial charge in [0.05, 0.1) is 0 Å². The Balaban J connectivity index is 2.40. The van der Waals surface area contributed by atoms with Crippen LogP contribution < -0.4 is 5.32 Å². The first-order valence-corrected chi connectivity index (χ1v) is 4.68. The zero-order valence-electron chi connectivity index (χ0n) is 8.17. The predicted octanol–water partition coefficient (Wildman–Crippen LogP) is 0.627. The molecule has 0 aromatic carbocycles. The van der Waals surface area contributed by atoms with Crippen LogP contribution in [0.1, 0.15) is 20.3 Å². The normalized spacial score (nSPS) is 21.7. The Morgan fingerprint density at radius 2 is 2.23 bits per heavy atom. The molecule has 1 atom stereocenters. The van der Waals surface area contributed by atoms with Gasteiger partial charge in [-0.2, -0.15) is 0 Å². The molecular weight excluding hydrogens is 168 g/mol. The Bertz CT molecular complexity index is 216. The third-order valence-electron chi connectivity index (χ3n) is 2.38. The molecule has 1 aliphatic rings. The van der Waals surface area contributed by atoms with E-state index in [1.165, 1.54) is 0 Å². The second kappa shape index (κ2) is 4.25. The van der Waals surface area contributed by atoms with Crippen molar-refractivity contribution in [2.75, 3.05) is 19.6 Å². The average Bonchev–Trinajstić information content (AvgIpc) is 2.52. The van der Waals surface area contributed by atoms with Crippen molar-refractivity contribution in [3.63, 3.8) is 0 Å². The third kappa shape index (κ3) is 2.44. The van der Waals surface area contributed by atoms with E-state index in [1.807, 2.05) is 6.92 Å². The van der Waals surface area contributed by atoms with E-state index in [0.717, 1.165) is 6.42 Å². The zero-order chi connectivity index (χ0) is 9.84. The number of likely N-dealkylation sites (tertiary alicyclic amines) is 1. The van der Waals surface area contributed by atoms with Crippen LogP contribution in [0.3, 0.4) is 0 Å². The molecule has 0 radical (unpaired) electrons. The maximum absolute atomic E-state index is 11.3. The Morgan fingerprint density at radius 3 is 2.69 bits per heavy atom. The van der Waals surface area contributed by atoms with Crippen molar-refractivity contribution in [1.29, 1.82) is 0 Å². The smallest absolute Gasteiger partial charge is 0.317 e. The maximum atomic E-state index is 11.3. The van der Waals surface area contributed by atoms with Crippen molar-refractivity contribution in [2.45, 2.75) is 20.3 Å². The number of Topliss-reactive ketones (excluding diaryl/α,β-unsaturated/α-hetero) is 1. The molecule has 1 heterocycles. The molecule has 0 aromatic rings. The van der Waals surface area contributed by atoms with Crippen molar-refractivity contribution >= 4 is 11.8 Å². The highest BCUT2D eigenvalue weighted by molar-refractivity contribution is 5.81. The van der Waals surface area contributed by atoms with Crippen molar-refractivity contribution in [2.24, 2.45) is 5.92 Å². The van der Waals surface area contributed by atoms with Gasteiger partial charge in [0.15, 0.2) is 0 Å². The maximum Gasteiger partial charge on any atom is 0.317 e. The lowest BCUT2D eigenvalue weighted by Gasteiger charge is -2.15. The van der Waals surface area contributed by atoms with Gasteiger partial charge in [0.1, 0.15) is 5.78 Å². The summed E-state index contributed by atoms with van der Waals surface area (Å²) in [6.07, 6.45) is 0.812. The monoisotopic (exact) mass is 184 g/mol. The topological polar surface area (TPSA) is 49.4 Å². The second-order valence-electron chi connectivity index (χ2n) is 3.38.